The molecule has 2 rings (SSSR count). The number of amides is 1. The molecule has 0 aromatic carbocycles. The Morgan fingerprint density at radius 3 is 2.79 bits per heavy atom. The summed E-state index contributed by atoms with van der Waals surface area (Å²) in [5.74, 6) is -0.852. The van der Waals surface area contributed by atoms with Crippen LogP contribution in [0.15, 0.2) is 0 Å². The molecule has 1 aliphatic carbocycles. The highest BCUT2D eigenvalue weighted by atomic mass is 16.6. The number of carbonyl (C=O) groups excluding carboxylic acids is 1. The number of cyclic esters (lactones) is 1. The van der Waals surface area contributed by atoms with E-state index in [1.165, 1.54) is 0 Å². The van der Waals surface area contributed by atoms with Crippen LogP contribution in [0.1, 0.15) is 25.7 Å². The van der Waals surface area contributed by atoms with Crippen LogP contribution < -0.4 is 0 Å². The van der Waals surface area contributed by atoms with Gasteiger partial charge in [0.1, 0.15) is 0 Å². The lowest BCUT2D eigenvalue weighted by Gasteiger charge is -2.34. The standard InChI is InChI=1S/C9H13NO4/c11-8(12)5-7-3-4-14-9(13)10(7)6-1-2-6/h6-7H,1-5H2,(H,11,12). The molecule has 1 saturated heterocycles. The zero-order chi connectivity index (χ0) is 10.1. The van der Waals surface area contributed by atoms with Crippen LogP contribution in [0, 0.1) is 0 Å². The third-order valence-corrected chi connectivity index (χ3v) is 2.63. The number of ether oxygens (including phenoxy) is 1. The topological polar surface area (TPSA) is 66.8 Å². The maximum Gasteiger partial charge on any atom is 0.410 e. The van der Waals surface area contributed by atoms with Gasteiger partial charge < -0.3 is 14.7 Å². The normalized spacial score (nSPS) is 27.3. The van der Waals surface area contributed by atoms with Crippen LogP contribution in [-0.2, 0) is 9.53 Å². The molecule has 0 spiro atoms. The molecule has 1 unspecified atom stereocenters. The van der Waals surface area contributed by atoms with Crippen LogP contribution in [0.25, 0.3) is 0 Å². The number of carboxylic acid groups (broad SMARTS) is 1. The summed E-state index contributed by atoms with van der Waals surface area (Å²) in [6.07, 6.45) is 2.28. The van der Waals surface area contributed by atoms with Crippen LogP contribution in [0.5, 0.6) is 0 Å². The molecular weight excluding hydrogens is 186 g/mol. The average molecular weight is 199 g/mol. The average Bonchev–Trinajstić information content (AvgIpc) is 2.86. The first-order valence-corrected chi connectivity index (χ1v) is 4.85. The zero-order valence-corrected chi connectivity index (χ0v) is 7.81. The lowest BCUT2D eigenvalue weighted by Crippen LogP contribution is -2.47. The third-order valence-electron chi connectivity index (χ3n) is 2.63. The SMILES string of the molecule is O=C(O)CC1CCOC(=O)N1C1CC1. The number of carboxylic acids is 1. The van der Waals surface area contributed by atoms with E-state index in [0.29, 0.717) is 13.0 Å². The van der Waals surface area contributed by atoms with Gasteiger partial charge >= 0.3 is 12.1 Å². The van der Waals surface area contributed by atoms with E-state index in [2.05, 4.69) is 0 Å². The van der Waals surface area contributed by atoms with Gasteiger partial charge in [0.25, 0.3) is 0 Å². The van der Waals surface area contributed by atoms with Crippen molar-refractivity contribution in [3.8, 4) is 0 Å². The van der Waals surface area contributed by atoms with Crippen LogP contribution >= 0.6 is 0 Å². The van der Waals surface area contributed by atoms with Crippen molar-refractivity contribution in [3.05, 3.63) is 0 Å². The van der Waals surface area contributed by atoms with E-state index in [4.69, 9.17) is 9.84 Å². The number of aliphatic carboxylic acids is 1. The second kappa shape index (κ2) is 3.48. The minimum atomic E-state index is -0.852. The van der Waals surface area contributed by atoms with Crippen molar-refractivity contribution in [1.29, 1.82) is 0 Å². The fourth-order valence-corrected chi connectivity index (χ4v) is 1.85. The van der Waals surface area contributed by atoms with Gasteiger partial charge in [-0.25, -0.2) is 4.79 Å². The molecular formula is C9H13NO4. The summed E-state index contributed by atoms with van der Waals surface area (Å²) >= 11 is 0. The summed E-state index contributed by atoms with van der Waals surface area (Å²) in [5, 5.41) is 8.69. The third kappa shape index (κ3) is 1.81. The van der Waals surface area contributed by atoms with Crippen LogP contribution in [0.2, 0.25) is 0 Å². The van der Waals surface area contributed by atoms with Crippen LogP contribution in [0.4, 0.5) is 4.79 Å². The Morgan fingerprint density at radius 2 is 2.21 bits per heavy atom. The first-order chi connectivity index (χ1) is 6.68. The first kappa shape index (κ1) is 9.30. The number of nitrogens with zero attached hydrogens (tertiary/aromatic N) is 1. The molecule has 2 aliphatic rings. The van der Waals surface area contributed by atoms with Gasteiger partial charge in [0, 0.05) is 18.5 Å². The lowest BCUT2D eigenvalue weighted by atomic mass is 10.1. The molecule has 0 aromatic heterocycles. The number of carbonyl (C=O) groups is 2. The van der Waals surface area contributed by atoms with Gasteiger partial charge in [-0.1, -0.05) is 0 Å². The second-order valence-electron chi connectivity index (χ2n) is 3.79. The Labute approximate surface area is 81.6 Å². The van der Waals surface area contributed by atoms with Gasteiger partial charge in [-0.3, -0.25) is 4.79 Å². The maximum absolute atomic E-state index is 11.4. The van der Waals surface area contributed by atoms with Gasteiger partial charge in [0.2, 0.25) is 0 Å². The second-order valence-corrected chi connectivity index (χ2v) is 3.79. The van der Waals surface area contributed by atoms with E-state index in [-0.39, 0.29) is 24.6 Å². The summed E-state index contributed by atoms with van der Waals surface area (Å²) in [6, 6.07) is 0.0633. The maximum atomic E-state index is 11.4. The van der Waals surface area contributed by atoms with Gasteiger partial charge in [0.05, 0.1) is 13.0 Å². The Hall–Kier alpha value is -1.26. The van der Waals surface area contributed by atoms with Crippen LogP contribution in [-0.4, -0.2) is 40.8 Å². The van der Waals surface area contributed by atoms with Gasteiger partial charge in [-0.15, -0.1) is 0 Å². The molecule has 5 nitrogen and oxygen atoms in total. The summed E-state index contributed by atoms with van der Waals surface area (Å²) in [4.78, 5) is 23.6. The molecule has 1 amide bonds. The molecule has 0 radical (unpaired) electrons. The molecule has 0 bridgehead atoms. The molecule has 0 aromatic rings. The minimum Gasteiger partial charge on any atom is -0.481 e. The Balaban J connectivity index is 2.03. The summed E-state index contributed by atoms with van der Waals surface area (Å²) in [5.41, 5.74) is 0. The lowest BCUT2D eigenvalue weighted by molar-refractivity contribution is -0.138. The fourth-order valence-electron chi connectivity index (χ4n) is 1.85. The van der Waals surface area contributed by atoms with Crippen molar-refractivity contribution < 1.29 is 19.4 Å². The van der Waals surface area contributed by atoms with Crippen LogP contribution in [0.3, 0.4) is 0 Å². The number of rotatable bonds is 3. The van der Waals surface area contributed by atoms with Crippen molar-refractivity contribution >= 4 is 12.1 Å². The van der Waals surface area contributed by atoms with E-state index >= 15 is 0 Å². The van der Waals surface area contributed by atoms with Gasteiger partial charge in [-0.05, 0) is 12.8 Å². The van der Waals surface area contributed by atoms with E-state index < -0.39 is 5.97 Å². The first-order valence-electron chi connectivity index (χ1n) is 4.85. The predicted molar refractivity (Wildman–Crippen MR) is 46.9 cm³/mol. The molecule has 1 aliphatic heterocycles. The van der Waals surface area contributed by atoms with Crippen molar-refractivity contribution in [3.63, 3.8) is 0 Å². The van der Waals surface area contributed by atoms with Crippen molar-refractivity contribution in [2.75, 3.05) is 6.61 Å². The summed E-state index contributed by atoms with van der Waals surface area (Å²) in [7, 11) is 0. The monoisotopic (exact) mass is 199 g/mol. The van der Waals surface area contributed by atoms with Crippen molar-refractivity contribution in [2.24, 2.45) is 0 Å². The van der Waals surface area contributed by atoms with Gasteiger partial charge in [-0.2, -0.15) is 0 Å². The predicted octanol–water partition coefficient (Wildman–Crippen LogP) is 0.834. The Bertz CT molecular complexity index is 262. The molecule has 1 heterocycles. The zero-order valence-electron chi connectivity index (χ0n) is 7.81. The summed E-state index contributed by atoms with van der Waals surface area (Å²) in [6.45, 7) is 0.347. The fraction of sp³-hybridized carbons (Fsp3) is 0.778. The minimum absolute atomic E-state index is 0.0333. The van der Waals surface area contributed by atoms with Crippen molar-refractivity contribution in [2.45, 2.75) is 37.8 Å². The van der Waals surface area contributed by atoms with E-state index in [9.17, 15) is 9.59 Å². The van der Waals surface area contributed by atoms with E-state index in [1.807, 2.05) is 0 Å². The number of hydrogen-bond acceptors (Lipinski definition) is 3. The van der Waals surface area contributed by atoms with Gasteiger partial charge in [0.15, 0.2) is 0 Å². The molecule has 1 saturated carbocycles. The van der Waals surface area contributed by atoms with E-state index in [1.54, 1.807) is 4.90 Å². The number of hydrogen-bond donors (Lipinski definition) is 1. The highest BCUT2D eigenvalue weighted by Crippen LogP contribution is 2.32. The Morgan fingerprint density at radius 1 is 1.50 bits per heavy atom. The van der Waals surface area contributed by atoms with E-state index in [0.717, 1.165) is 12.8 Å². The molecule has 1 N–H and O–H groups in total. The largest absolute Gasteiger partial charge is 0.481 e. The smallest absolute Gasteiger partial charge is 0.410 e. The molecule has 78 valence electrons. The molecule has 1 atom stereocenters. The molecule has 2 fully saturated rings. The summed E-state index contributed by atoms with van der Waals surface area (Å²) < 4.78 is 4.90. The highest BCUT2D eigenvalue weighted by Gasteiger charge is 2.41. The highest BCUT2D eigenvalue weighted by molar-refractivity contribution is 5.72. The Kier molecular flexibility index (Phi) is 2.31. The van der Waals surface area contributed by atoms with Crippen molar-refractivity contribution in [1.82, 2.24) is 4.90 Å². The molecule has 14 heavy (non-hydrogen) atoms. The molecule has 5 heteroatoms. The quantitative estimate of drug-likeness (QED) is 0.731.